The molecular formula is C12H14F3N5S. The fraction of sp³-hybridized carbons (Fsp3) is 0.417. The Bertz CT molecular complexity index is 653. The summed E-state index contributed by atoms with van der Waals surface area (Å²) in [6.07, 6.45) is -4.56. The molecule has 0 aliphatic rings. The van der Waals surface area contributed by atoms with Crippen LogP contribution in [0.3, 0.4) is 0 Å². The first-order valence-electron chi connectivity index (χ1n) is 6.09. The molecule has 1 atom stereocenters. The summed E-state index contributed by atoms with van der Waals surface area (Å²) in [6.45, 7) is 5.55. The molecule has 0 bridgehead atoms. The number of nitrogens with one attached hydrogen (secondary N) is 1. The number of thiazole rings is 1. The average Bonchev–Trinajstić information content (AvgIpc) is 2.66. The monoisotopic (exact) mass is 317 g/mol. The van der Waals surface area contributed by atoms with E-state index in [0.29, 0.717) is 0 Å². The number of hydrogen-bond acceptors (Lipinski definition) is 6. The van der Waals surface area contributed by atoms with Crippen molar-refractivity contribution in [2.24, 2.45) is 0 Å². The third-order valence-corrected chi connectivity index (χ3v) is 3.99. The predicted octanol–water partition coefficient (Wildman–Crippen LogP) is 3.32. The first-order chi connectivity index (χ1) is 9.66. The maximum Gasteiger partial charge on any atom is 0.433 e. The number of nitrogen functional groups attached to an aromatic ring is 1. The molecular weight excluding hydrogens is 303 g/mol. The number of halogens is 3. The Morgan fingerprint density at radius 1 is 1.24 bits per heavy atom. The van der Waals surface area contributed by atoms with Crippen molar-refractivity contribution in [2.45, 2.75) is 33.0 Å². The second-order valence-corrected chi connectivity index (χ2v) is 5.78. The molecule has 0 saturated carbocycles. The molecule has 0 spiro atoms. The van der Waals surface area contributed by atoms with Gasteiger partial charge in [0.25, 0.3) is 0 Å². The summed E-state index contributed by atoms with van der Waals surface area (Å²) in [5, 5.41) is 3.80. The summed E-state index contributed by atoms with van der Waals surface area (Å²) >= 11 is 1.49. The van der Waals surface area contributed by atoms with E-state index in [1.807, 2.05) is 20.8 Å². The minimum Gasteiger partial charge on any atom is -0.368 e. The Labute approximate surface area is 123 Å². The molecule has 0 radical (unpaired) electrons. The molecule has 0 aliphatic carbocycles. The van der Waals surface area contributed by atoms with Gasteiger partial charge < -0.3 is 11.1 Å². The maximum absolute atomic E-state index is 12.7. The molecule has 9 heteroatoms. The van der Waals surface area contributed by atoms with E-state index >= 15 is 0 Å². The van der Waals surface area contributed by atoms with E-state index in [1.165, 1.54) is 11.3 Å². The number of nitrogens with two attached hydrogens (primary N) is 1. The second kappa shape index (κ2) is 5.47. The number of rotatable bonds is 3. The number of hydrogen-bond donors (Lipinski definition) is 2. The highest BCUT2D eigenvalue weighted by molar-refractivity contribution is 7.11. The van der Waals surface area contributed by atoms with Gasteiger partial charge in [-0.1, -0.05) is 0 Å². The fourth-order valence-electron chi connectivity index (χ4n) is 1.92. The summed E-state index contributed by atoms with van der Waals surface area (Å²) in [6, 6.07) is 0.613. The lowest BCUT2D eigenvalue weighted by Gasteiger charge is -2.15. The van der Waals surface area contributed by atoms with Crippen molar-refractivity contribution in [1.82, 2.24) is 15.0 Å². The largest absolute Gasteiger partial charge is 0.433 e. The van der Waals surface area contributed by atoms with Gasteiger partial charge in [0.15, 0.2) is 5.69 Å². The van der Waals surface area contributed by atoms with Crippen LogP contribution in [-0.4, -0.2) is 15.0 Å². The van der Waals surface area contributed by atoms with E-state index in [9.17, 15) is 13.2 Å². The maximum atomic E-state index is 12.7. The van der Waals surface area contributed by atoms with Crippen molar-refractivity contribution in [3.05, 3.63) is 27.3 Å². The molecule has 5 nitrogen and oxygen atoms in total. The number of aryl methyl sites for hydroxylation is 2. The van der Waals surface area contributed by atoms with Gasteiger partial charge in [-0.25, -0.2) is 9.97 Å². The van der Waals surface area contributed by atoms with Crippen LogP contribution < -0.4 is 11.1 Å². The van der Waals surface area contributed by atoms with E-state index in [4.69, 9.17) is 5.73 Å². The van der Waals surface area contributed by atoms with Crippen LogP contribution in [0.2, 0.25) is 0 Å². The van der Waals surface area contributed by atoms with Crippen molar-refractivity contribution < 1.29 is 13.2 Å². The molecule has 0 amide bonds. The smallest absolute Gasteiger partial charge is 0.368 e. The lowest BCUT2D eigenvalue weighted by Crippen LogP contribution is -2.14. The fourth-order valence-corrected chi connectivity index (χ4v) is 2.85. The van der Waals surface area contributed by atoms with Gasteiger partial charge in [-0.3, -0.25) is 0 Å². The van der Waals surface area contributed by atoms with E-state index in [0.717, 1.165) is 21.6 Å². The molecule has 21 heavy (non-hydrogen) atoms. The third kappa shape index (κ3) is 3.60. The van der Waals surface area contributed by atoms with Gasteiger partial charge in [-0.15, -0.1) is 11.3 Å². The van der Waals surface area contributed by atoms with Gasteiger partial charge in [0, 0.05) is 10.9 Å². The Morgan fingerprint density at radius 2 is 1.90 bits per heavy atom. The van der Waals surface area contributed by atoms with Gasteiger partial charge in [0.2, 0.25) is 5.95 Å². The van der Waals surface area contributed by atoms with Crippen molar-refractivity contribution in [3.63, 3.8) is 0 Å². The van der Waals surface area contributed by atoms with Crippen molar-refractivity contribution in [3.8, 4) is 0 Å². The van der Waals surface area contributed by atoms with Crippen molar-refractivity contribution in [2.75, 3.05) is 11.1 Å². The van der Waals surface area contributed by atoms with Crippen LogP contribution in [0, 0.1) is 13.8 Å². The summed E-state index contributed by atoms with van der Waals surface area (Å²) in [5.41, 5.74) is 5.11. The molecule has 2 aromatic heterocycles. The summed E-state index contributed by atoms with van der Waals surface area (Å²) in [4.78, 5) is 12.2. The van der Waals surface area contributed by atoms with Gasteiger partial charge in [0.05, 0.1) is 16.7 Å². The standard InChI is InChI=1S/C12H14F3N5S/c1-5-10(21-7(3)17-5)6(2)18-9-4-8(12(13,14)15)19-11(16)20-9/h4,6H,1-3H3,(H3,16,18,19,20). The second-order valence-electron chi connectivity index (χ2n) is 4.54. The van der Waals surface area contributed by atoms with E-state index in [-0.39, 0.29) is 11.9 Å². The van der Waals surface area contributed by atoms with Crippen LogP contribution in [0.5, 0.6) is 0 Å². The lowest BCUT2D eigenvalue weighted by atomic mass is 10.2. The molecule has 1 unspecified atom stereocenters. The predicted molar refractivity (Wildman–Crippen MR) is 75.1 cm³/mol. The highest BCUT2D eigenvalue weighted by Gasteiger charge is 2.33. The van der Waals surface area contributed by atoms with E-state index < -0.39 is 17.8 Å². The number of nitrogens with zero attached hydrogens (tertiary/aromatic N) is 3. The van der Waals surface area contributed by atoms with Crippen molar-refractivity contribution >= 4 is 23.1 Å². The Hall–Kier alpha value is -1.90. The number of anilines is 2. The van der Waals surface area contributed by atoms with Gasteiger partial charge in [-0.05, 0) is 20.8 Å². The van der Waals surface area contributed by atoms with E-state index in [2.05, 4.69) is 20.3 Å². The van der Waals surface area contributed by atoms with Crippen LogP contribution in [0.15, 0.2) is 6.07 Å². The first kappa shape index (κ1) is 15.5. The molecule has 3 N–H and O–H groups in total. The van der Waals surface area contributed by atoms with Crippen LogP contribution >= 0.6 is 11.3 Å². The SMILES string of the molecule is Cc1nc(C)c(C(C)Nc2cc(C(F)(F)F)nc(N)n2)s1. The Morgan fingerprint density at radius 3 is 2.43 bits per heavy atom. The summed E-state index contributed by atoms with van der Waals surface area (Å²) in [5.74, 6) is -0.385. The zero-order valence-electron chi connectivity index (χ0n) is 11.6. The van der Waals surface area contributed by atoms with Crippen LogP contribution in [-0.2, 0) is 6.18 Å². The minimum atomic E-state index is -4.56. The molecule has 0 fully saturated rings. The van der Waals surface area contributed by atoms with Crippen molar-refractivity contribution in [1.29, 1.82) is 0 Å². The Balaban J connectivity index is 2.27. The first-order valence-corrected chi connectivity index (χ1v) is 6.90. The lowest BCUT2D eigenvalue weighted by molar-refractivity contribution is -0.141. The molecule has 0 saturated heterocycles. The average molecular weight is 317 g/mol. The molecule has 114 valence electrons. The number of aromatic nitrogens is 3. The van der Waals surface area contributed by atoms with E-state index in [1.54, 1.807) is 0 Å². The third-order valence-electron chi connectivity index (χ3n) is 2.73. The van der Waals surface area contributed by atoms with Crippen LogP contribution in [0.1, 0.15) is 34.2 Å². The van der Waals surface area contributed by atoms with Gasteiger partial charge in [0.1, 0.15) is 5.82 Å². The zero-order valence-corrected chi connectivity index (χ0v) is 12.4. The quantitative estimate of drug-likeness (QED) is 0.908. The summed E-state index contributed by atoms with van der Waals surface area (Å²) < 4.78 is 38.1. The Kier molecular flexibility index (Phi) is 4.04. The zero-order chi connectivity index (χ0) is 15.8. The van der Waals surface area contributed by atoms with Crippen LogP contribution in [0.25, 0.3) is 0 Å². The van der Waals surface area contributed by atoms with Gasteiger partial charge in [-0.2, -0.15) is 18.2 Å². The van der Waals surface area contributed by atoms with Gasteiger partial charge >= 0.3 is 6.18 Å². The highest BCUT2D eigenvalue weighted by Crippen LogP contribution is 2.31. The molecule has 2 heterocycles. The molecule has 2 rings (SSSR count). The van der Waals surface area contributed by atoms with Crippen LogP contribution in [0.4, 0.5) is 24.9 Å². The molecule has 0 aliphatic heterocycles. The normalized spacial score (nSPS) is 13.2. The topological polar surface area (TPSA) is 76.7 Å². The summed E-state index contributed by atoms with van der Waals surface area (Å²) in [7, 11) is 0. The highest BCUT2D eigenvalue weighted by atomic mass is 32.1. The molecule has 2 aromatic rings. The molecule has 0 aromatic carbocycles. The minimum absolute atomic E-state index is 0.0350. The number of alkyl halides is 3.